The van der Waals surface area contributed by atoms with E-state index in [4.69, 9.17) is 0 Å². The minimum absolute atomic E-state index is 0.987. The van der Waals surface area contributed by atoms with Crippen molar-refractivity contribution in [3.8, 4) is 0 Å². The topological polar surface area (TPSA) is 15.3 Å². The van der Waals surface area contributed by atoms with E-state index in [2.05, 4.69) is 21.3 Å². The van der Waals surface area contributed by atoms with Gasteiger partial charge in [0.25, 0.3) is 0 Å². The van der Waals surface area contributed by atoms with Gasteiger partial charge >= 0.3 is 0 Å². The molecule has 0 amide bonds. The summed E-state index contributed by atoms with van der Waals surface area (Å²) < 4.78 is 3.02. The molecular weight excluding hydrogens is 140 g/mol. The maximum absolute atomic E-state index is 3.91. The smallest absolute Gasteiger partial charge is 0.0194 e. The minimum Gasteiger partial charge on any atom is -0.308 e. The van der Waals surface area contributed by atoms with Crippen LogP contribution in [0.25, 0.3) is 0 Å². The fourth-order valence-corrected chi connectivity index (χ4v) is 0.771. The molecule has 0 saturated carbocycles. The van der Waals surface area contributed by atoms with E-state index in [9.17, 15) is 0 Å². The van der Waals surface area contributed by atoms with Crippen molar-refractivity contribution in [1.29, 1.82) is 0 Å². The Morgan fingerprint density at radius 3 is 2.62 bits per heavy atom. The zero-order valence-electron chi connectivity index (χ0n) is 5.22. The van der Waals surface area contributed by atoms with Gasteiger partial charge in [0.1, 0.15) is 0 Å². The molecule has 0 unspecified atom stereocenters. The number of hydrogen-bond donors (Lipinski definition) is 2. The molecule has 4 heteroatoms. The molecule has 2 nitrogen and oxygen atoms in total. The summed E-state index contributed by atoms with van der Waals surface area (Å²) in [6.07, 6.45) is 0. The number of nitrogens with zero attached hydrogens (tertiary/aromatic N) is 1. The minimum atomic E-state index is 0.987. The van der Waals surface area contributed by atoms with Crippen LogP contribution < -0.4 is 4.72 Å². The lowest BCUT2D eigenvalue weighted by Crippen LogP contribution is -2.21. The van der Waals surface area contributed by atoms with E-state index in [1.165, 1.54) is 11.0 Å². The number of hydrogen-bond acceptors (Lipinski definition) is 4. The van der Waals surface area contributed by atoms with E-state index in [0.29, 0.717) is 0 Å². The van der Waals surface area contributed by atoms with Crippen LogP contribution in [0.5, 0.6) is 0 Å². The molecule has 0 fully saturated rings. The molecule has 0 heterocycles. The Kier molecular flexibility index (Phi) is 6.20. The van der Waals surface area contributed by atoms with Gasteiger partial charge in [-0.05, 0) is 25.1 Å². The van der Waals surface area contributed by atoms with Gasteiger partial charge in [-0.1, -0.05) is 11.7 Å². The van der Waals surface area contributed by atoms with Crippen LogP contribution in [0.3, 0.4) is 0 Å². The molecule has 0 aliphatic rings. The van der Waals surface area contributed by atoms with Gasteiger partial charge in [-0.2, -0.15) is 0 Å². The van der Waals surface area contributed by atoms with E-state index < -0.39 is 0 Å². The standard InChI is InChI=1S/C4H12N2S2/c1-6(2)4-3-5-8-7/h5,7H,3-4H2,1-2H3. The summed E-state index contributed by atoms with van der Waals surface area (Å²) in [6, 6.07) is 0. The third kappa shape index (κ3) is 6.62. The predicted molar refractivity (Wildman–Crippen MR) is 43.1 cm³/mol. The SMILES string of the molecule is CN(C)CCNSS. The van der Waals surface area contributed by atoms with Crippen LogP contribution in [0.15, 0.2) is 0 Å². The average Bonchev–Trinajstić information content (AvgIpc) is 1.66. The van der Waals surface area contributed by atoms with Gasteiger partial charge < -0.3 is 4.90 Å². The summed E-state index contributed by atoms with van der Waals surface area (Å²) in [5, 5.41) is 0. The van der Waals surface area contributed by atoms with Crippen molar-refractivity contribution in [2.24, 2.45) is 0 Å². The lowest BCUT2D eigenvalue weighted by Gasteiger charge is -2.07. The monoisotopic (exact) mass is 152 g/mol. The summed E-state index contributed by atoms with van der Waals surface area (Å²) in [5.74, 6) is 0. The van der Waals surface area contributed by atoms with Crippen molar-refractivity contribution in [3.63, 3.8) is 0 Å². The highest BCUT2D eigenvalue weighted by Crippen LogP contribution is 1.94. The molecule has 0 bridgehead atoms. The molecule has 50 valence electrons. The first-order valence-electron chi connectivity index (χ1n) is 2.45. The Bertz CT molecular complexity index is 49.3. The van der Waals surface area contributed by atoms with Crippen molar-refractivity contribution in [2.45, 2.75) is 0 Å². The molecule has 0 atom stereocenters. The van der Waals surface area contributed by atoms with Crippen molar-refractivity contribution in [3.05, 3.63) is 0 Å². The molecule has 0 rings (SSSR count). The van der Waals surface area contributed by atoms with Crippen molar-refractivity contribution in [1.82, 2.24) is 9.62 Å². The molecule has 0 aromatic rings. The van der Waals surface area contributed by atoms with Crippen LogP contribution in [0.1, 0.15) is 0 Å². The Hall–Kier alpha value is 0.620. The molecule has 0 spiro atoms. The highest BCUT2D eigenvalue weighted by molar-refractivity contribution is 8.67. The third-order valence-corrected chi connectivity index (χ3v) is 1.45. The first-order valence-corrected chi connectivity index (χ1v) is 4.32. The second-order valence-electron chi connectivity index (χ2n) is 1.79. The number of rotatable bonds is 4. The zero-order chi connectivity index (χ0) is 6.41. The van der Waals surface area contributed by atoms with Crippen molar-refractivity contribution in [2.75, 3.05) is 27.2 Å². The van der Waals surface area contributed by atoms with E-state index in [1.54, 1.807) is 0 Å². The average molecular weight is 152 g/mol. The molecule has 0 aliphatic carbocycles. The van der Waals surface area contributed by atoms with Gasteiger partial charge in [-0.3, -0.25) is 4.72 Å². The van der Waals surface area contributed by atoms with Gasteiger partial charge in [0.15, 0.2) is 0 Å². The highest BCUT2D eigenvalue weighted by Gasteiger charge is 1.85. The van der Waals surface area contributed by atoms with Gasteiger partial charge in [0.2, 0.25) is 0 Å². The van der Waals surface area contributed by atoms with E-state index in [1.807, 2.05) is 14.1 Å². The Morgan fingerprint density at radius 2 is 2.25 bits per heavy atom. The zero-order valence-corrected chi connectivity index (χ0v) is 6.93. The van der Waals surface area contributed by atoms with Crippen LogP contribution in [-0.2, 0) is 0 Å². The molecule has 0 aromatic heterocycles. The van der Waals surface area contributed by atoms with Crippen LogP contribution >= 0.6 is 22.6 Å². The van der Waals surface area contributed by atoms with Gasteiger partial charge in [-0.25, -0.2) is 0 Å². The van der Waals surface area contributed by atoms with Gasteiger partial charge in [0, 0.05) is 13.1 Å². The largest absolute Gasteiger partial charge is 0.308 e. The first-order chi connectivity index (χ1) is 3.77. The fraction of sp³-hybridized carbons (Fsp3) is 1.00. The van der Waals surface area contributed by atoms with E-state index >= 15 is 0 Å². The maximum atomic E-state index is 3.91. The molecule has 0 radical (unpaired) electrons. The number of nitrogens with one attached hydrogen (secondary N) is 1. The molecule has 0 aromatic carbocycles. The molecule has 1 N–H and O–H groups in total. The lowest BCUT2D eigenvalue weighted by atomic mass is 10.6. The van der Waals surface area contributed by atoms with Gasteiger partial charge in [-0.15, -0.1) is 0 Å². The first kappa shape index (κ1) is 8.62. The van der Waals surface area contributed by atoms with Crippen LogP contribution in [-0.4, -0.2) is 32.1 Å². The molecule has 0 aliphatic heterocycles. The molecular formula is C4H12N2S2. The van der Waals surface area contributed by atoms with Crippen molar-refractivity contribution < 1.29 is 0 Å². The van der Waals surface area contributed by atoms with Gasteiger partial charge in [0.05, 0.1) is 0 Å². The Balaban J connectivity index is 2.72. The number of thiol groups is 1. The number of likely N-dealkylation sites (N-methyl/N-ethyl adjacent to an activating group) is 1. The predicted octanol–water partition coefficient (Wildman–Crippen LogP) is 0.631. The lowest BCUT2D eigenvalue weighted by molar-refractivity contribution is 0.415. The van der Waals surface area contributed by atoms with Crippen molar-refractivity contribution >= 4 is 22.6 Å². The molecule has 0 saturated heterocycles. The van der Waals surface area contributed by atoms with Crippen LogP contribution in [0, 0.1) is 0 Å². The fourth-order valence-electron chi connectivity index (χ4n) is 0.315. The summed E-state index contributed by atoms with van der Waals surface area (Å²) in [6.45, 7) is 2.05. The highest BCUT2D eigenvalue weighted by atomic mass is 33.1. The molecule has 8 heavy (non-hydrogen) atoms. The van der Waals surface area contributed by atoms with E-state index in [0.717, 1.165) is 13.1 Å². The van der Waals surface area contributed by atoms with E-state index in [-0.39, 0.29) is 0 Å². The second-order valence-corrected chi connectivity index (χ2v) is 2.81. The van der Waals surface area contributed by atoms with Crippen LogP contribution in [0.2, 0.25) is 0 Å². The second kappa shape index (κ2) is 5.75. The normalized spacial score (nSPS) is 10.5. The summed E-state index contributed by atoms with van der Waals surface area (Å²) in [5.41, 5.74) is 0. The Morgan fingerprint density at radius 1 is 1.62 bits per heavy atom. The quantitative estimate of drug-likeness (QED) is 0.266. The van der Waals surface area contributed by atoms with Crippen LogP contribution in [0.4, 0.5) is 0 Å². The summed E-state index contributed by atoms with van der Waals surface area (Å²) in [7, 11) is 5.45. The summed E-state index contributed by atoms with van der Waals surface area (Å²) in [4.78, 5) is 2.12. The maximum Gasteiger partial charge on any atom is 0.0194 e. The Labute approximate surface area is 60.0 Å². The summed E-state index contributed by atoms with van der Waals surface area (Å²) >= 11 is 3.91. The third-order valence-electron chi connectivity index (χ3n) is 0.726.